The zero-order chi connectivity index (χ0) is 17.1. The molecule has 0 bridgehead atoms. The molecular weight excluding hydrogens is 278 g/mol. The lowest BCUT2D eigenvalue weighted by Crippen LogP contribution is -2.43. The second-order valence-electron chi connectivity index (χ2n) is 7.29. The van der Waals surface area contributed by atoms with Gasteiger partial charge < -0.3 is 10.4 Å². The summed E-state index contributed by atoms with van der Waals surface area (Å²) < 4.78 is 1.73. The largest absolute Gasteiger partial charge is 0.392 e. The van der Waals surface area contributed by atoms with Crippen molar-refractivity contribution in [2.24, 2.45) is 11.3 Å². The number of aryl methyl sites for hydroxylation is 1. The molecule has 126 valence electrons. The molecule has 1 amide bonds. The van der Waals surface area contributed by atoms with Crippen LogP contribution in [0.2, 0.25) is 0 Å². The maximum absolute atomic E-state index is 12.4. The SMILES string of the molecule is CCn1nc(C(C)C)cc1C(=O)NCC(C)(C)C(O)C(C)C. The summed E-state index contributed by atoms with van der Waals surface area (Å²) in [4.78, 5) is 12.4. The molecule has 1 atom stereocenters. The van der Waals surface area contributed by atoms with Gasteiger partial charge in [0.2, 0.25) is 0 Å². The van der Waals surface area contributed by atoms with Gasteiger partial charge in [-0.2, -0.15) is 5.10 Å². The molecule has 0 fully saturated rings. The van der Waals surface area contributed by atoms with Gasteiger partial charge in [0.1, 0.15) is 5.69 Å². The van der Waals surface area contributed by atoms with Crippen molar-refractivity contribution in [1.82, 2.24) is 15.1 Å². The molecule has 0 radical (unpaired) electrons. The Labute approximate surface area is 134 Å². The quantitative estimate of drug-likeness (QED) is 0.814. The van der Waals surface area contributed by atoms with E-state index in [9.17, 15) is 9.90 Å². The molecule has 5 nitrogen and oxygen atoms in total. The average molecular weight is 309 g/mol. The Balaban J connectivity index is 2.81. The fourth-order valence-corrected chi connectivity index (χ4v) is 2.55. The van der Waals surface area contributed by atoms with Crippen LogP contribution in [-0.2, 0) is 6.54 Å². The number of hydrogen-bond donors (Lipinski definition) is 2. The molecule has 1 heterocycles. The molecule has 2 N–H and O–H groups in total. The predicted molar refractivity (Wildman–Crippen MR) is 88.9 cm³/mol. The maximum atomic E-state index is 12.4. The Morgan fingerprint density at radius 1 is 1.36 bits per heavy atom. The molecule has 0 saturated carbocycles. The van der Waals surface area contributed by atoms with Crippen LogP contribution in [0.1, 0.15) is 70.6 Å². The molecule has 0 aliphatic carbocycles. The van der Waals surface area contributed by atoms with Crippen LogP contribution in [0.15, 0.2) is 6.07 Å². The number of carbonyl (C=O) groups excluding carboxylic acids is 1. The van der Waals surface area contributed by atoms with E-state index >= 15 is 0 Å². The lowest BCUT2D eigenvalue weighted by atomic mass is 9.80. The highest BCUT2D eigenvalue weighted by Gasteiger charge is 2.31. The average Bonchev–Trinajstić information content (AvgIpc) is 2.88. The highest BCUT2D eigenvalue weighted by atomic mass is 16.3. The number of hydrogen-bond acceptors (Lipinski definition) is 3. The summed E-state index contributed by atoms with van der Waals surface area (Å²) >= 11 is 0. The monoisotopic (exact) mass is 309 g/mol. The minimum absolute atomic E-state index is 0.134. The minimum atomic E-state index is -0.463. The van der Waals surface area contributed by atoms with Crippen molar-refractivity contribution in [3.63, 3.8) is 0 Å². The summed E-state index contributed by atoms with van der Waals surface area (Å²) in [7, 11) is 0. The second-order valence-corrected chi connectivity index (χ2v) is 7.29. The fourth-order valence-electron chi connectivity index (χ4n) is 2.55. The van der Waals surface area contributed by atoms with Crippen LogP contribution >= 0.6 is 0 Å². The van der Waals surface area contributed by atoms with Crippen molar-refractivity contribution in [3.8, 4) is 0 Å². The third-order valence-corrected chi connectivity index (χ3v) is 4.06. The summed E-state index contributed by atoms with van der Waals surface area (Å²) in [5, 5.41) is 17.7. The van der Waals surface area contributed by atoms with E-state index in [1.165, 1.54) is 0 Å². The standard InChI is InChI=1S/C17H31N3O2/c1-8-20-14(9-13(19-20)11(2)3)16(22)18-10-17(6,7)15(21)12(4)5/h9,11-12,15,21H,8,10H2,1-7H3,(H,18,22). The van der Waals surface area contributed by atoms with Gasteiger partial charge in [0.05, 0.1) is 11.8 Å². The van der Waals surface area contributed by atoms with Gasteiger partial charge in [0.15, 0.2) is 0 Å². The van der Waals surface area contributed by atoms with Crippen molar-refractivity contribution < 1.29 is 9.90 Å². The number of aromatic nitrogens is 2. The van der Waals surface area contributed by atoms with Gasteiger partial charge in [-0.15, -0.1) is 0 Å². The van der Waals surface area contributed by atoms with Crippen LogP contribution in [0.4, 0.5) is 0 Å². The summed E-state index contributed by atoms with van der Waals surface area (Å²) in [5.74, 6) is 0.310. The predicted octanol–water partition coefficient (Wildman–Crippen LogP) is 2.80. The van der Waals surface area contributed by atoms with E-state index in [1.807, 2.05) is 40.7 Å². The third kappa shape index (κ3) is 4.32. The van der Waals surface area contributed by atoms with Gasteiger partial charge in [0.25, 0.3) is 5.91 Å². The first-order chi connectivity index (χ1) is 10.1. The Kier molecular flexibility index (Phi) is 6.17. The van der Waals surface area contributed by atoms with E-state index in [4.69, 9.17) is 0 Å². The van der Waals surface area contributed by atoms with Crippen LogP contribution in [0.25, 0.3) is 0 Å². The zero-order valence-corrected chi connectivity index (χ0v) is 15.0. The second kappa shape index (κ2) is 7.27. The molecule has 0 aromatic carbocycles. The first-order valence-corrected chi connectivity index (χ1v) is 8.14. The van der Waals surface area contributed by atoms with Gasteiger partial charge in [0, 0.05) is 18.5 Å². The van der Waals surface area contributed by atoms with E-state index in [2.05, 4.69) is 24.3 Å². The van der Waals surface area contributed by atoms with E-state index in [0.29, 0.717) is 24.7 Å². The van der Waals surface area contributed by atoms with Crippen LogP contribution in [0.3, 0.4) is 0 Å². The van der Waals surface area contributed by atoms with E-state index in [-0.39, 0.29) is 17.2 Å². The molecule has 1 aromatic rings. The highest BCUT2D eigenvalue weighted by molar-refractivity contribution is 5.92. The van der Waals surface area contributed by atoms with Crippen LogP contribution in [0, 0.1) is 11.3 Å². The molecule has 1 unspecified atom stereocenters. The van der Waals surface area contributed by atoms with Crippen molar-refractivity contribution >= 4 is 5.91 Å². The van der Waals surface area contributed by atoms with Gasteiger partial charge in [-0.05, 0) is 24.8 Å². The summed E-state index contributed by atoms with van der Waals surface area (Å²) in [6.07, 6.45) is -0.463. The summed E-state index contributed by atoms with van der Waals surface area (Å²) in [5.41, 5.74) is 1.14. The first-order valence-electron chi connectivity index (χ1n) is 8.14. The van der Waals surface area contributed by atoms with Crippen molar-refractivity contribution in [2.75, 3.05) is 6.54 Å². The fraction of sp³-hybridized carbons (Fsp3) is 0.765. The molecule has 0 aliphatic heterocycles. The van der Waals surface area contributed by atoms with Crippen molar-refractivity contribution in [2.45, 2.75) is 67.0 Å². The number of aliphatic hydroxyl groups is 1. The molecule has 0 saturated heterocycles. The van der Waals surface area contributed by atoms with Crippen molar-refractivity contribution in [1.29, 1.82) is 0 Å². The molecule has 1 aromatic heterocycles. The Bertz CT molecular complexity index is 504. The first kappa shape index (κ1) is 18.7. The van der Waals surface area contributed by atoms with Crippen LogP contribution in [0.5, 0.6) is 0 Å². The Morgan fingerprint density at radius 2 is 1.95 bits per heavy atom. The summed E-state index contributed by atoms with van der Waals surface area (Å²) in [6.45, 7) is 15.1. The molecular formula is C17H31N3O2. The number of nitrogens with one attached hydrogen (secondary N) is 1. The van der Waals surface area contributed by atoms with Gasteiger partial charge in [-0.25, -0.2) is 0 Å². The minimum Gasteiger partial charge on any atom is -0.392 e. The summed E-state index contributed by atoms with van der Waals surface area (Å²) in [6, 6.07) is 1.86. The topological polar surface area (TPSA) is 67.2 Å². The molecule has 5 heteroatoms. The molecule has 0 spiro atoms. The van der Waals surface area contributed by atoms with Gasteiger partial charge in [-0.1, -0.05) is 41.5 Å². The van der Waals surface area contributed by atoms with E-state index in [1.54, 1.807) is 4.68 Å². The number of carbonyl (C=O) groups is 1. The van der Waals surface area contributed by atoms with Crippen LogP contribution in [-0.4, -0.2) is 33.4 Å². The number of nitrogens with zero attached hydrogens (tertiary/aromatic N) is 2. The Morgan fingerprint density at radius 3 is 2.41 bits per heavy atom. The number of rotatable bonds is 7. The number of aliphatic hydroxyl groups excluding tert-OH is 1. The van der Waals surface area contributed by atoms with E-state index in [0.717, 1.165) is 5.69 Å². The third-order valence-electron chi connectivity index (χ3n) is 4.06. The molecule has 1 rings (SSSR count). The van der Waals surface area contributed by atoms with Crippen molar-refractivity contribution in [3.05, 3.63) is 17.5 Å². The van der Waals surface area contributed by atoms with E-state index < -0.39 is 6.10 Å². The highest BCUT2D eigenvalue weighted by Crippen LogP contribution is 2.25. The number of amides is 1. The normalized spacial score (nSPS) is 13.7. The molecule has 0 aliphatic rings. The van der Waals surface area contributed by atoms with Crippen LogP contribution < -0.4 is 5.32 Å². The molecule has 22 heavy (non-hydrogen) atoms. The van der Waals surface area contributed by atoms with Gasteiger partial charge >= 0.3 is 0 Å². The maximum Gasteiger partial charge on any atom is 0.269 e. The lowest BCUT2D eigenvalue weighted by Gasteiger charge is -2.33. The van der Waals surface area contributed by atoms with Gasteiger partial charge in [-0.3, -0.25) is 9.48 Å². The zero-order valence-electron chi connectivity index (χ0n) is 15.0. The Hall–Kier alpha value is -1.36. The lowest BCUT2D eigenvalue weighted by molar-refractivity contribution is 0.0137. The smallest absolute Gasteiger partial charge is 0.269 e.